The summed E-state index contributed by atoms with van der Waals surface area (Å²) >= 11 is 0. The molecule has 3 N–H and O–H groups in total. The molecule has 0 aromatic heterocycles. The summed E-state index contributed by atoms with van der Waals surface area (Å²) in [6, 6.07) is 6.68. The maximum absolute atomic E-state index is 12.4. The number of hydrogen-bond acceptors (Lipinski definition) is 6. The van der Waals surface area contributed by atoms with E-state index in [2.05, 4.69) is 10.2 Å². The number of likely N-dealkylation sites (tertiary alicyclic amines) is 1. The van der Waals surface area contributed by atoms with Crippen molar-refractivity contribution >= 4 is 18.3 Å². The van der Waals surface area contributed by atoms with E-state index in [1.54, 1.807) is 31.4 Å². The summed E-state index contributed by atoms with van der Waals surface area (Å²) in [4.78, 5) is 14.6. The molecule has 2 fully saturated rings. The molecule has 27 heavy (non-hydrogen) atoms. The van der Waals surface area contributed by atoms with Gasteiger partial charge in [-0.1, -0.05) is 6.42 Å². The Morgan fingerprint density at radius 3 is 2.48 bits per heavy atom. The van der Waals surface area contributed by atoms with Crippen molar-refractivity contribution in [3.05, 3.63) is 29.8 Å². The summed E-state index contributed by atoms with van der Waals surface area (Å²) in [6.07, 6.45) is 1.69. The third kappa shape index (κ3) is 5.12. The number of ether oxygens (including phenoxy) is 2. The van der Waals surface area contributed by atoms with Crippen LogP contribution in [-0.4, -0.2) is 78.7 Å². The van der Waals surface area contributed by atoms with Gasteiger partial charge in [-0.25, -0.2) is 0 Å². The van der Waals surface area contributed by atoms with Crippen LogP contribution in [0.15, 0.2) is 24.3 Å². The molecule has 152 valence electrons. The number of rotatable bonds is 6. The number of nitrogens with zero attached hydrogens (tertiary/aromatic N) is 1. The lowest BCUT2D eigenvalue weighted by Crippen LogP contribution is -2.52. The van der Waals surface area contributed by atoms with Crippen LogP contribution in [0.25, 0.3) is 0 Å². The zero-order valence-electron chi connectivity index (χ0n) is 15.5. The molecular weight excluding hydrogens is 372 g/mol. The van der Waals surface area contributed by atoms with E-state index in [0.29, 0.717) is 17.9 Å². The van der Waals surface area contributed by atoms with Crippen molar-refractivity contribution in [1.82, 2.24) is 10.2 Å². The van der Waals surface area contributed by atoms with Gasteiger partial charge >= 0.3 is 0 Å². The molecule has 0 aliphatic carbocycles. The van der Waals surface area contributed by atoms with Crippen LogP contribution in [0.5, 0.6) is 5.75 Å². The first kappa shape index (κ1) is 21.9. The van der Waals surface area contributed by atoms with E-state index in [4.69, 9.17) is 9.47 Å². The molecule has 7 nitrogen and oxygen atoms in total. The third-order valence-corrected chi connectivity index (χ3v) is 5.27. The van der Waals surface area contributed by atoms with Gasteiger partial charge in [0.05, 0.1) is 25.9 Å². The molecule has 4 atom stereocenters. The number of piperidine rings is 1. The highest BCUT2D eigenvalue weighted by molar-refractivity contribution is 5.94. The van der Waals surface area contributed by atoms with Crippen LogP contribution >= 0.6 is 12.4 Å². The predicted molar refractivity (Wildman–Crippen MR) is 104 cm³/mol. The molecule has 0 bridgehead atoms. The van der Waals surface area contributed by atoms with Gasteiger partial charge in [-0.05, 0) is 50.2 Å². The average Bonchev–Trinajstić information content (AvgIpc) is 3.02. The van der Waals surface area contributed by atoms with Crippen LogP contribution in [0.3, 0.4) is 0 Å². The summed E-state index contributed by atoms with van der Waals surface area (Å²) in [6.45, 7) is 1.88. The monoisotopic (exact) mass is 400 g/mol. The highest BCUT2D eigenvalue weighted by Crippen LogP contribution is 2.28. The number of methoxy groups -OCH3 is 1. The van der Waals surface area contributed by atoms with Gasteiger partial charge in [-0.15, -0.1) is 12.4 Å². The Kier molecular flexibility index (Phi) is 8.31. The molecule has 0 unspecified atom stereocenters. The summed E-state index contributed by atoms with van der Waals surface area (Å²) in [5, 5.41) is 22.9. The van der Waals surface area contributed by atoms with Crippen molar-refractivity contribution in [2.45, 2.75) is 43.6 Å². The van der Waals surface area contributed by atoms with Crippen molar-refractivity contribution < 1.29 is 24.5 Å². The van der Waals surface area contributed by atoms with Gasteiger partial charge in [-0.3, -0.25) is 9.69 Å². The SMILES string of the molecule is COc1ccc(C(=O)NC[C@H]2O[C@@H](CO)[C@@H](O)[C@H]2N2CCCCC2)cc1.Cl. The predicted octanol–water partition coefficient (Wildman–Crippen LogP) is 0.822. The maximum Gasteiger partial charge on any atom is 0.251 e. The Morgan fingerprint density at radius 1 is 1.22 bits per heavy atom. The fourth-order valence-corrected chi connectivity index (χ4v) is 3.85. The summed E-state index contributed by atoms with van der Waals surface area (Å²) in [5.74, 6) is 0.496. The van der Waals surface area contributed by atoms with Crippen LogP contribution in [0.1, 0.15) is 29.6 Å². The molecule has 2 aliphatic heterocycles. The smallest absolute Gasteiger partial charge is 0.251 e. The molecule has 0 saturated carbocycles. The van der Waals surface area contributed by atoms with Crippen LogP contribution in [0.2, 0.25) is 0 Å². The van der Waals surface area contributed by atoms with E-state index < -0.39 is 12.2 Å². The molecule has 1 amide bonds. The summed E-state index contributed by atoms with van der Waals surface area (Å²) in [7, 11) is 1.58. The van der Waals surface area contributed by atoms with E-state index >= 15 is 0 Å². The first-order valence-electron chi connectivity index (χ1n) is 9.24. The zero-order chi connectivity index (χ0) is 18.5. The van der Waals surface area contributed by atoms with Crippen LogP contribution < -0.4 is 10.1 Å². The van der Waals surface area contributed by atoms with E-state index in [1.807, 2.05) is 0 Å². The highest BCUT2D eigenvalue weighted by atomic mass is 35.5. The van der Waals surface area contributed by atoms with Crippen molar-refractivity contribution in [3.63, 3.8) is 0 Å². The normalized spacial score (nSPS) is 28.4. The lowest BCUT2D eigenvalue weighted by molar-refractivity contribution is -0.0209. The highest BCUT2D eigenvalue weighted by Gasteiger charge is 2.46. The van der Waals surface area contributed by atoms with Crippen LogP contribution in [0, 0.1) is 0 Å². The molecular formula is C19H29ClN2O5. The van der Waals surface area contributed by atoms with Gasteiger partial charge in [0.1, 0.15) is 18.0 Å². The van der Waals surface area contributed by atoms with Crippen molar-refractivity contribution in [2.75, 3.05) is 33.4 Å². The topological polar surface area (TPSA) is 91.3 Å². The van der Waals surface area contributed by atoms with E-state index in [1.165, 1.54) is 6.42 Å². The number of hydrogen-bond donors (Lipinski definition) is 3. The van der Waals surface area contributed by atoms with Crippen LogP contribution in [0.4, 0.5) is 0 Å². The van der Waals surface area contributed by atoms with Gasteiger partial charge in [0.2, 0.25) is 0 Å². The number of benzene rings is 1. The lowest BCUT2D eigenvalue weighted by Gasteiger charge is -2.36. The second-order valence-corrected chi connectivity index (χ2v) is 6.91. The molecule has 2 heterocycles. The summed E-state index contributed by atoms with van der Waals surface area (Å²) in [5.41, 5.74) is 0.539. The first-order chi connectivity index (χ1) is 12.6. The molecule has 0 spiro atoms. The average molecular weight is 401 g/mol. The molecule has 8 heteroatoms. The molecule has 0 radical (unpaired) electrons. The summed E-state index contributed by atoms with van der Waals surface area (Å²) < 4.78 is 10.9. The van der Waals surface area contributed by atoms with Gasteiger partial charge < -0.3 is 25.0 Å². The largest absolute Gasteiger partial charge is 0.497 e. The number of halogens is 1. The Bertz CT molecular complexity index is 594. The number of carbonyl (C=O) groups excluding carboxylic acids is 1. The van der Waals surface area contributed by atoms with Gasteiger partial charge in [0.15, 0.2) is 0 Å². The minimum absolute atomic E-state index is 0. The zero-order valence-corrected chi connectivity index (χ0v) is 16.4. The molecule has 2 aliphatic rings. The van der Waals surface area contributed by atoms with Gasteiger partial charge in [0.25, 0.3) is 5.91 Å². The number of carbonyl (C=O) groups is 1. The van der Waals surface area contributed by atoms with E-state index in [-0.39, 0.29) is 37.1 Å². The number of amides is 1. The Labute approximate surface area is 166 Å². The maximum atomic E-state index is 12.4. The quantitative estimate of drug-likeness (QED) is 0.655. The van der Waals surface area contributed by atoms with Crippen molar-refractivity contribution in [3.8, 4) is 5.75 Å². The fourth-order valence-electron chi connectivity index (χ4n) is 3.85. The second-order valence-electron chi connectivity index (χ2n) is 6.91. The standard InChI is InChI=1S/C19H28N2O5.ClH/c1-25-14-7-5-13(6-8-14)19(24)20-11-15-17(18(23)16(12-22)26-15)21-9-3-2-4-10-21;/h5-8,15-18,22-23H,2-4,9-12H2,1H3,(H,20,24);1H/t15-,16+,17+,18-;/m1./s1. The van der Waals surface area contributed by atoms with E-state index in [9.17, 15) is 15.0 Å². The third-order valence-electron chi connectivity index (χ3n) is 5.27. The van der Waals surface area contributed by atoms with Crippen LogP contribution in [-0.2, 0) is 4.74 Å². The number of aliphatic hydroxyl groups is 2. The second kappa shape index (κ2) is 10.2. The number of aliphatic hydroxyl groups excluding tert-OH is 2. The molecule has 1 aromatic carbocycles. The Morgan fingerprint density at radius 2 is 1.89 bits per heavy atom. The number of nitrogens with one attached hydrogen (secondary N) is 1. The molecule has 3 rings (SSSR count). The van der Waals surface area contributed by atoms with Crippen molar-refractivity contribution in [2.24, 2.45) is 0 Å². The van der Waals surface area contributed by atoms with Crippen molar-refractivity contribution in [1.29, 1.82) is 0 Å². The van der Waals surface area contributed by atoms with Gasteiger partial charge in [-0.2, -0.15) is 0 Å². The Hall–Kier alpha value is -1.38. The minimum Gasteiger partial charge on any atom is -0.497 e. The minimum atomic E-state index is -0.749. The lowest BCUT2D eigenvalue weighted by atomic mass is 9.99. The molecule has 1 aromatic rings. The van der Waals surface area contributed by atoms with E-state index in [0.717, 1.165) is 25.9 Å². The van der Waals surface area contributed by atoms with Gasteiger partial charge in [0, 0.05) is 12.1 Å². The fraction of sp³-hybridized carbons (Fsp3) is 0.632. The first-order valence-corrected chi connectivity index (χ1v) is 9.24. The molecule has 2 saturated heterocycles. The Balaban J connectivity index is 0.00000261.